The third-order valence-corrected chi connectivity index (χ3v) is 6.33. The van der Waals surface area contributed by atoms with Crippen LogP contribution in [-0.4, -0.2) is 82.7 Å². The van der Waals surface area contributed by atoms with Gasteiger partial charge in [-0.05, 0) is 51.1 Å². The Kier molecular flexibility index (Phi) is 9.46. The lowest BCUT2D eigenvalue weighted by atomic mass is 10.0. The van der Waals surface area contributed by atoms with Crippen molar-refractivity contribution in [2.75, 3.05) is 32.1 Å². The Bertz CT molecular complexity index is 1090. The highest BCUT2D eigenvalue weighted by molar-refractivity contribution is 6.04. The number of benzene rings is 1. The number of likely N-dealkylation sites (N-methyl/N-ethyl adjacent to an activating group) is 1. The molecular weight excluding hydrogens is 474 g/mol. The van der Waals surface area contributed by atoms with Crippen LogP contribution in [-0.2, 0) is 11.2 Å². The molecule has 4 amide bonds. The number of ether oxygens (including phenoxy) is 1. The summed E-state index contributed by atoms with van der Waals surface area (Å²) in [5.74, 6) is -0.0626. The van der Waals surface area contributed by atoms with Crippen LogP contribution in [0.1, 0.15) is 43.6 Å². The van der Waals surface area contributed by atoms with Crippen molar-refractivity contribution in [1.29, 1.82) is 0 Å². The van der Waals surface area contributed by atoms with Crippen LogP contribution < -0.4 is 15.4 Å². The fraction of sp³-hybridized carbons (Fsp3) is 0.481. The summed E-state index contributed by atoms with van der Waals surface area (Å²) >= 11 is 0. The van der Waals surface area contributed by atoms with Crippen LogP contribution in [0.3, 0.4) is 0 Å². The number of pyridine rings is 1. The topological polar surface area (TPSA) is 124 Å². The van der Waals surface area contributed by atoms with Gasteiger partial charge in [-0.3, -0.25) is 14.6 Å². The van der Waals surface area contributed by atoms with Crippen LogP contribution in [0.2, 0.25) is 0 Å². The fourth-order valence-corrected chi connectivity index (χ4v) is 4.14. The molecule has 10 nitrogen and oxygen atoms in total. The number of amides is 4. The first kappa shape index (κ1) is 27.9. The van der Waals surface area contributed by atoms with E-state index in [2.05, 4.69) is 15.6 Å². The average molecular weight is 512 g/mol. The lowest BCUT2D eigenvalue weighted by Crippen LogP contribution is -2.49. The summed E-state index contributed by atoms with van der Waals surface area (Å²) in [5.41, 5.74) is 1.60. The minimum atomic E-state index is -0.418. The predicted octanol–water partition coefficient (Wildman–Crippen LogP) is 2.53. The first-order valence-electron chi connectivity index (χ1n) is 12.5. The zero-order chi connectivity index (χ0) is 27.1. The number of carbonyl (C=O) groups excluding carboxylic acids is 3. The Balaban J connectivity index is 1.91. The van der Waals surface area contributed by atoms with Crippen LogP contribution >= 0.6 is 0 Å². The maximum Gasteiger partial charge on any atom is 0.317 e. The highest BCUT2D eigenvalue weighted by Gasteiger charge is 2.32. The number of aliphatic hydroxyl groups excluding tert-OH is 1. The summed E-state index contributed by atoms with van der Waals surface area (Å²) in [4.78, 5) is 45.7. The van der Waals surface area contributed by atoms with Crippen molar-refractivity contribution in [1.82, 2.24) is 20.1 Å². The van der Waals surface area contributed by atoms with E-state index in [-0.39, 0.29) is 48.9 Å². The van der Waals surface area contributed by atoms with E-state index in [0.29, 0.717) is 35.7 Å². The van der Waals surface area contributed by atoms with E-state index in [0.717, 1.165) is 0 Å². The Morgan fingerprint density at radius 1 is 1.22 bits per heavy atom. The first-order valence-corrected chi connectivity index (χ1v) is 12.5. The second kappa shape index (κ2) is 12.5. The number of nitrogens with one attached hydrogen (secondary N) is 2. The average Bonchev–Trinajstić information content (AvgIpc) is 2.91. The van der Waals surface area contributed by atoms with E-state index in [9.17, 15) is 19.5 Å². The van der Waals surface area contributed by atoms with Gasteiger partial charge in [-0.15, -0.1) is 0 Å². The van der Waals surface area contributed by atoms with Crippen LogP contribution in [0, 0.1) is 5.92 Å². The van der Waals surface area contributed by atoms with Gasteiger partial charge in [0.15, 0.2) is 0 Å². The Hall–Kier alpha value is -3.66. The van der Waals surface area contributed by atoms with Gasteiger partial charge in [-0.25, -0.2) is 4.79 Å². The van der Waals surface area contributed by atoms with Gasteiger partial charge >= 0.3 is 6.03 Å². The zero-order valence-corrected chi connectivity index (χ0v) is 22.1. The quantitative estimate of drug-likeness (QED) is 0.525. The Labute approximate surface area is 218 Å². The molecule has 3 atom stereocenters. The molecule has 3 N–H and O–H groups in total. The van der Waals surface area contributed by atoms with Gasteiger partial charge in [0.2, 0.25) is 5.91 Å². The lowest BCUT2D eigenvalue weighted by Gasteiger charge is -2.34. The summed E-state index contributed by atoms with van der Waals surface area (Å²) in [6.45, 7) is 8.05. The van der Waals surface area contributed by atoms with Crippen molar-refractivity contribution in [2.45, 2.75) is 52.3 Å². The highest BCUT2D eigenvalue weighted by Crippen LogP contribution is 2.29. The number of nitrogens with zero attached hydrogens (tertiary/aromatic N) is 3. The normalized spacial score (nSPS) is 18.6. The molecule has 0 fully saturated rings. The molecule has 2 aromatic rings. The van der Waals surface area contributed by atoms with Crippen LogP contribution in [0.4, 0.5) is 10.5 Å². The van der Waals surface area contributed by atoms with Gasteiger partial charge < -0.3 is 30.3 Å². The smallest absolute Gasteiger partial charge is 0.317 e. The molecule has 1 aliphatic rings. The number of urea groups is 1. The second-order valence-electron chi connectivity index (χ2n) is 9.89. The molecule has 0 bridgehead atoms. The van der Waals surface area contributed by atoms with E-state index in [1.165, 1.54) is 0 Å². The summed E-state index contributed by atoms with van der Waals surface area (Å²) in [6, 6.07) is 7.84. The molecule has 0 saturated heterocycles. The van der Waals surface area contributed by atoms with Crippen molar-refractivity contribution in [3.63, 3.8) is 0 Å². The molecule has 1 aliphatic heterocycles. The third-order valence-electron chi connectivity index (χ3n) is 6.33. The molecule has 0 saturated carbocycles. The van der Waals surface area contributed by atoms with E-state index < -0.39 is 6.10 Å². The molecule has 1 aromatic heterocycles. The molecule has 1 aromatic carbocycles. The second-order valence-corrected chi connectivity index (χ2v) is 9.89. The number of rotatable bonds is 7. The summed E-state index contributed by atoms with van der Waals surface area (Å²) in [7, 11) is 1.71. The number of hydrogen-bond acceptors (Lipinski definition) is 6. The van der Waals surface area contributed by atoms with E-state index in [1.54, 1.807) is 66.5 Å². The number of carbonyl (C=O) groups is 3. The van der Waals surface area contributed by atoms with Crippen LogP contribution in [0.25, 0.3) is 0 Å². The minimum Gasteiger partial charge on any atom is -0.488 e. The number of fused-ring (bicyclic) bond motifs is 1. The molecular formula is C27H37N5O5. The first-order chi connectivity index (χ1) is 17.6. The third kappa shape index (κ3) is 7.42. The molecule has 2 heterocycles. The molecule has 10 heteroatoms. The maximum atomic E-state index is 13.3. The summed E-state index contributed by atoms with van der Waals surface area (Å²) < 4.78 is 6.43. The lowest BCUT2D eigenvalue weighted by molar-refractivity contribution is -0.134. The zero-order valence-electron chi connectivity index (χ0n) is 22.1. The van der Waals surface area contributed by atoms with Gasteiger partial charge in [0.25, 0.3) is 5.91 Å². The Morgan fingerprint density at radius 2 is 1.92 bits per heavy atom. The summed E-state index contributed by atoms with van der Waals surface area (Å²) in [5, 5.41) is 15.5. The SMILES string of the molecule is CC(C)NC(=O)N(C)C[C@@H]1Oc2ccc(NC(=O)c3ccncc3)cc2CC(=O)N([C@H](C)CO)C[C@H]1C. The summed E-state index contributed by atoms with van der Waals surface area (Å²) in [6.07, 6.45) is 2.71. The molecule has 0 radical (unpaired) electrons. The van der Waals surface area contributed by atoms with E-state index >= 15 is 0 Å². The largest absolute Gasteiger partial charge is 0.488 e. The van der Waals surface area contributed by atoms with Crippen molar-refractivity contribution in [3.8, 4) is 5.75 Å². The fourth-order valence-electron chi connectivity index (χ4n) is 4.14. The predicted molar refractivity (Wildman–Crippen MR) is 140 cm³/mol. The van der Waals surface area contributed by atoms with Gasteiger partial charge in [0, 0.05) is 54.8 Å². The van der Waals surface area contributed by atoms with Crippen molar-refractivity contribution in [3.05, 3.63) is 53.9 Å². The molecule has 0 spiro atoms. The van der Waals surface area contributed by atoms with Crippen LogP contribution in [0.5, 0.6) is 5.75 Å². The van der Waals surface area contributed by atoms with Gasteiger partial charge in [0.1, 0.15) is 11.9 Å². The van der Waals surface area contributed by atoms with Crippen molar-refractivity contribution in [2.24, 2.45) is 5.92 Å². The van der Waals surface area contributed by atoms with Crippen molar-refractivity contribution < 1.29 is 24.2 Å². The molecule has 3 rings (SSSR count). The Morgan fingerprint density at radius 3 is 2.57 bits per heavy atom. The number of anilines is 1. The van der Waals surface area contributed by atoms with E-state index in [1.807, 2.05) is 20.8 Å². The van der Waals surface area contributed by atoms with Crippen LogP contribution in [0.15, 0.2) is 42.7 Å². The monoisotopic (exact) mass is 511 g/mol. The molecule has 37 heavy (non-hydrogen) atoms. The maximum absolute atomic E-state index is 13.3. The van der Waals surface area contributed by atoms with Crippen molar-refractivity contribution >= 4 is 23.5 Å². The standard InChI is InChI=1S/C27H37N5O5/c1-17(2)29-27(36)31(5)15-24-18(3)14-32(19(4)16-33)25(34)13-21-12-22(6-7-23(21)37-24)30-26(35)20-8-10-28-11-9-20/h6-12,17-19,24,33H,13-16H2,1-5H3,(H,29,36)(H,30,35)/t18-,19-,24+/m1/s1. The van der Waals surface area contributed by atoms with Gasteiger partial charge in [-0.2, -0.15) is 0 Å². The highest BCUT2D eigenvalue weighted by atomic mass is 16.5. The van der Waals surface area contributed by atoms with Gasteiger partial charge in [-0.1, -0.05) is 6.92 Å². The minimum absolute atomic E-state index is 0.00570. The van der Waals surface area contributed by atoms with E-state index in [4.69, 9.17) is 4.74 Å². The number of hydrogen-bond donors (Lipinski definition) is 3. The number of aliphatic hydroxyl groups is 1. The number of aromatic nitrogens is 1. The molecule has 0 aliphatic carbocycles. The van der Waals surface area contributed by atoms with Gasteiger partial charge in [0.05, 0.1) is 25.6 Å². The molecule has 200 valence electrons. The molecule has 0 unspecified atom stereocenters.